The summed E-state index contributed by atoms with van der Waals surface area (Å²) in [5, 5.41) is 4.40. The highest BCUT2D eigenvalue weighted by Crippen LogP contribution is 2.77. The molecule has 15 aliphatic rings. The molecule has 10 saturated heterocycles. The summed E-state index contributed by atoms with van der Waals surface area (Å²) < 4.78 is 150. The Morgan fingerprint density at radius 1 is 0.567 bits per heavy atom. The summed E-state index contributed by atoms with van der Waals surface area (Å²) in [4.78, 5) is 50.1. The Balaban J connectivity index is 0.655. The molecule has 27 nitrogen and oxygen atoms in total. The first kappa shape index (κ1) is 98.9. The molecule has 4 saturated carbocycles. The van der Waals surface area contributed by atoms with Crippen molar-refractivity contribution in [2.24, 2.45) is 109 Å². The topological polar surface area (TPSA) is 294 Å². The number of aldehydes is 1. The SMILES string of the molecule is CCC1O[C@@H](OC2[C@H](O[C@H]3CCC4(C)C5CC=C6C7CC(C)(C)CC[C@]7(C(=O)OC7([C@@H]8OC(C)[C@H](O[C@@H]9OC[C@@H](OCc%10ccccc%10)C(O[C@@H]%10OC[C@]%11(CC)O[C@@H](c%12ccccc%12)OC%10%11)C9C)C9OC(C)(C)OC98)OC8C(C)[C@@H](N=[N+]=[N-])C(COCc9ccccc9)O[C@H]87)C(OC)C[C@@]6(C)[C@@]5(C)CC[C@H]4[C@@]3(C)C=O)OC(C(C)=O)[C@@H](C)[C@@H]2O[C@@H]2OC[C@@H](C)[C@H](C)C2C)C(C)[C@@H](C)[C@H]1C. The minimum Gasteiger partial charge on any atom is -0.426 e. The second-order valence-corrected chi connectivity index (χ2v) is 45.6. The molecule has 10 aliphatic heterocycles. The number of hydrogen-bond donors (Lipinski definition) is 0. The summed E-state index contributed by atoms with van der Waals surface area (Å²) in [5.41, 5.74) is 9.76. The van der Waals surface area contributed by atoms with Gasteiger partial charge in [0, 0.05) is 41.3 Å². The van der Waals surface area contributed by atoms with Crippen molar-refractivity contribution < 1.29 is 114 Å². The summed E-state index contributed by atoms with van der Waals surface area (Å²) in [6, 6.07) is 29.0. The van der Waals surface area contributed by atoms with Crippen molar-refractivity contribution in [1.82, 2.24) is 0 Å². The lowest BCUT2D eigenvalue weighted by Gasteiger charge is -2.72. The number of methoxy groups -OCH3 is 1. The quantitative estimate of drug-likeness (QED) is 0.0130. The van der Waals surface area contributed by atoms with Gasteiger partial charge in [0.15, 0.2) is 61.5 Å². The molecule has 3 aromatic rings. The van der Waals surface area contributed by atoms with Gasteiger partial charge in [0.25, 0.3) is 5.79 Å². The van der Waals surface area contributed by atoms with E-state index in [4.69, 9.17) is 99.5 Å². The molecule has 0 spiro atoms. The molecular weight excluding hydrogens is 1710 g/mol. The average Bonchev–Trinajstić information content (AvgIpc) is 0.718. The van der Waals surface area contributed by atoms with Crippen LogP contribution in [-0.4, -0.2) is 210 Å². The fourth-order valence-electron chi connectivity index (χ4n) is 28.3. The van der Waals surface area contributed by atoms with E-state index in [0.29, 0.717) is 82.3 Å². The van der Waals surface area contributed by atoms with Crippen LogP contribution in [0.1, 0.15) is 239 Å². The molecule has 0 amide bonds. The fourth-order valence-corrected chi connectivity index (χ4v) is 28.3. The van der Waals surface area contributed by atoms with Crippen LogP contribution in [0.2, 0.25) is 0 Å². The maximum Gasteiger partial charge on any atom is 0.318 e. The number of rotatable bonds is 27. The number of hydrogen-bond acceptors (Lipinski definition) is 25. The first-order chi connectivity index (χ1) is 63.9. The number of allylic oxidation sites excluding steroid dienone is 2. The van der Waals surface area contributed by atoms with Gasteiger partial charge in [-0.15, -0.1) is 0 Å². The van der Waals surface area contributed by atoms with Crippen molar-refractivity contribution in [2.45, 2.75) is 394 Å². The maximum absolute atomic E-state index is 17.7. The second-order valence-electron chi connectivity index (χ2n) is 45.6. The summed E-state index contributed by atoms with van der Waals surface area (Å²) >= 11 is 0. The first-order valence-electron chi connectivity index (χ1n) is 50.8. The van der Waals surface area contributed by atoms with Gasteiger partial charge in [-0.25, -0.2) is 0 Å². The van der Waals surface area contributed by atoms with Crippen LogP contribution in [0.4, 0.5) is 0 Å². The Hall–Kier alpha value is -5.28. The van der Waals surface area contributed by atoms with Crippen molar-refractivity contribution >= 4 is 18.0 Å². The van der Waals surface area contributed by atoms with Crippen molar-refractivity contribution in [1.29, 1.82) is 0 Å². The monoisotopic (exact) mass is 1860 g/mol. The Morgan fingerprint density at radius 3 is 1.91 bits per heavy atom. The molecular formula is C107H153N3O24. The third kappa shape index (κ3) is 17.1. The Labute approximate surface area is 793 Å². The average molecular weight is 1870 g/mol. The van der Waals surface area contributed by atoms with Gasteiger partial charge in [-0.3, -0.25) is 9.59 Å². The minimum absolute atomic E-state index is 0.00677. The smallest absolute Gasteiger partial charge is 0.318 e. The van der Waals surface area contributed by atoms with E-state index in [1.54, 1.807) is 14.0 Å². The number of fused-ring (bicyclic) bond motifs is 10. The number of nitrogens with zero attached hydrogens (tertiary/aromatic N) is 3. The van der Waals surface area contributed by atoms with Crippen LogP contribution in [-0.2, 0) is 127 Å². The van der Waals surface area contributed by atoms with Crippen molar-refractivity contribution in [3.8, 4) is 0 Å². The Morgan fingerprint density at radius 2 is 1.22 bits per heavy atom. The molecule has 19 unspecified atom stereocenters. The lowest BCUT2D eigenvalue weighted by atomic mass is 9.33. The summed E-state index contributed by atoms with van der Waals surface area (Å²) in [7, 11) is 1.75. The zero-order valence-corrected chi connectivity index (χ0v) is 83.3. The highest BCUT2D eigenvalue weighted by atomic mass is 16.8. The van der Waals surface area contributed by atoms with Crippen molar-refractivity contribution in [3.63, 3.8) is 0 Å². The molecule has 27 heteroatoms. The van der Waals surface area contributed by atoms with E-state index in [-0.39, 0.29) is 84.7 Å². The van der Waals surface area contributed by atoms with E-state index >= 15 is 4.79 Å². The number of Topliss-reactive ketones (excluding diaryl/α,β-unsaturated/α-hetero) is 1. The summed E-state index contributed by atoms with van der Waals surface area (Å²) in [6.45, 7) is 46.4. The molecule has 18 rings (SSSR count). The molecule has 0 radical (unpaired) electrons. The number of azide groups is 1. The minimum atomic E-state index is -2.05. The Kier molecular flexibility index (Phi) is 28.2. The van der Waals surface area contributed by atoms with Crippen LogP contribution in [0.25, 0.3) is 10.4 Å². The highest BCUT2D eigenvalue weighted by molar-refractivity contribution is 5.81. The maximum atomic E-state index is 17.7. The van der Waals surface area contributed by atoms with Gasteiger partial charge in [0.1, 0.15) is 60.0 Å². The van der Waals surface area contributed by atoms with Crippen LogP contribution in [0.5, 0.6) is 0 Å². The van der Waals surface area contributed by atoms with E-state index in [1.165, 1.54) is 5.57 Å². The zero-order chi connectivity index (χ0) is 95.1. The summed E-state index contributed by atoms with van der Waals surface area (Å²) in [5.74, 6) is -4.68. The molecule has 14 fully saturated rings. The van der Waals surface area contributed by atoms with Gasteiger partial charge in [-0.1, -0.05) is 225 Å². The van der Waals surface area contributed by atoms with Gasteiger partial charge in [0.2, 0.25) is 0 Å². The predicted octanol–water partition coefficient (Wildman–Crippen LogP) is 18.2. The number of esters is 1. The van der Waals surface area contributed by atoms with Gasteiger partial charge >= 0.3 is 5.97 Å². The molecule has 43 atom stereocenters. The van der Waals surface area contributed by atoms with Gasteiger partial charge in [0.05, 0.1) is 99.9 Å². The molecule has 0 aromatic heterocycles. The number of carbonyl (C=O) groups is 3. The fraction of sp³-hybridized carbons (Fsp3) is 0.785. The van der Waals surface area contributed by atoms with E-state index in [0.717, 1.165) is 42.2 Å². The van der Waals surface area contributed by atoms with E-state index in [9.17, 15) is 15.1 Å². The van der Waals surface area contributed by atoms with Crippen LogP contribution in [0.3, 0.4) is 0 Å². The van der Waals surface area contributed by atoms with Gasteiger partial charge < -0.3 is 104 Å². The molecule has 3 aromatic carbocycles. The molecule has 5 aliphatic carbocycles. The van der Waals surface area contributed by atoms with Crippen LogP contribution in [0, 0.1) is 104 Å². The molecule has 740 valence electrons. The van der Waals surface area contributed by atoms with E-state index in [1.807, 2.05) is 133 Å². The van der Waals surface area contributed by atoms with E-state index < -0.39 is 204 Å². The van der Waals surface area contributed by atoms with Gasteiger partial charge in [-0.05, 0) is 184 Å². The largest absolute Gasteiger partial charge is 0.426 e. The van der Waals surface area contributed by atoms with Crippen LogP contribution < -0.4 is 0 Å². The second kappa shape index (κ2) is 38.2. The van der Waals surface area contributed by atoms with Crippen LogP contribution in [0.15, 0.2) is 108 Å². The molecule has 0 bridgehead atoms. The number of benzene rings is 3. The van der Waals surface area contributed by atoms with Crippen molar-refractivity contribution in [3.05, 3.63) is 130 Å². The third-order valence-electron chi connectivity index (χ3n) is 37.2. The van der Waals surface area contributed by atoms with Gasteiger partial charge in [-0.2, -0.15) is 0 Å². The third-order valence-corrected chi connectivity index (χ3v) is 37.2. The lowest BCUT2D eigenvalue weighted by Crippen LogP contribution is -2.82. The lowest BCUT2D eigenvalue weighted by molar-refractivity contribution is -0.465. The number of carbonyl (C=O) groups excluding carboxylic acids is 3. The standard InChI is InChI=1S/C107H153N3O24/c1-23-73-60(6)59(5)62(8)94(122-73)128-88-83(126-92-61(7)58(4)57(3)50-117-92)64(10)81(66(12)112)124-96(88)123-78-43-44-101(18)76(102(78,19)55-111)42-45-103(20)77(101)41-40-71-72-48-99(14,15)46-47-106(72,79(114-22)49-104(71,103)21)98(113)134-107(89-84(132-107)63(9)80(109-110-108)74(121-89)53-115-51-68-34-28-25-29-35-68)90-87-86(130-100(16,17)131-87)85(67(13)120-90)127-93-65(11)82(75(54-118-93)116-52-69-36-30-26-31-37-69)125-97-91-105(24-2,56-119-97)133-95(129-91)70-38-32-27-33-39-70/h25-40,55,57-65,67,72-97H,23-24,41-54,56H2,1-22H3/t57-,58+,59+,60-,61?,62?,63?,64-,65?,67?,72?,73?,74?,75-,76-,77?,78+,79?,80-,81?,82?,83+,84?,85+,86?,87?,88?,89-,90-,91?,92+,93+,94+,95+,96-,97+,101?,102-,103+,104-,105+,106-,107?/m1/s1. The van der Waals surface area contributed by atoms with Crippen molar-refractivity contribution in [2.75, 3.05) is 33.5 Å². The first-order valence-corrected chi connectivity index (χ1v) is 50.8. The number of ether oxygens (including phenoxy) is 21. The highest BCUT2D eigenvalue weighted by Gasteiger charge is 2.79. The Bertz CT molecular complexity index is 4680. The predicted molar refractivity (Wildman–Crippen MR) is 493 cm³/mol. The number of ketones is 1. The molecule has 134 heavy (non-hydrogen) atoms. The van der Waals surface area contributed by atoms with Crippen LogP contribution >= 0.6 is 0 Å². The molecule has 0 N–H and O–H groups in total. The summed E-state index contributed by atoms with van der Waals surface area (Å²) in [6.07, 6.45) is -7.21. The zero-order valence-electron chi connectivity index (χ0n) is 83.3. The van der Waals surface area contributed by atoms with E-state index in [2.05, 4.69) is 113 Å². The normalized spacial score (nSPS) is 48.7. The molecule has 10 heterocycles.